The van der Waals surface area contributed by atoms with Crippen molar-refractivity contribution in [3.63, 3.8) is 0 Å². The quantitative estimate of drug-likeness (QED) is 0.273. The number of carbonyl (C=O) groups is 4. The van der Waals surface area contributed by atoms with E-state index in [9.17, 15) is 29.4 Å². The molecule has 11 nitrogen and oxygen atoms in total. The van der Waals surface area contributed by atoms with Crippen molar-refractivity contribution in [1.82, 2.24) is 0 Å². The molecule has 1 heterocycles. The zero-order valence-corrected chi connectivity index (χ0v) is 27.9. The van der Waals surface area contributed by atoms with Gasteiger partial charge in [0, 0.05) is 12.8 Å². The highest BCUT2D eigenvalue weighted by molar-refractivity contribution is 5.91. The van der Waals surface area contributed by atoms with Crippen molar-refractivity contribution in [1.29, 1.82) is 0 Å². The van der Waals surface area contributed by atoms with Crippen molar-refractivity contribution in [3.8, 4) is 0 Å². The third-order valence-electron chi connectivity index (χ3n) is 10.6. The number of aliphatic hydroxyl groups is 2. The minimum absolute atomic E-state index is 0.0227. The fourth-order valence-electron chi connectivity index (χ4n) is 8.24. The summed E-state index contributed by atoms with van der Waals surface area (Å²) >= 11 is 0. The van der Waals surface area contributed by atoms with Gasteiger partial charge in [0.2, 0.25) is 0 Å². The first-order valence-electron chi connectivity index (χ1n) is 16.2. The fourth-order valence-corrected chi connectivity index (χ4v) is 8.24. The second-order valence-corrected chi connectivity index (χ2v) is 13.9. The fraction of sp³-hybridized carbons (Fsp3) is 0.421. The van der Waals surface area contributed by atoms with Crippen LogP contribution in [0.2, 0.25) is 0 Å². The van der Waals surface area contributed by atoms with Crippen LogP contribution >= 0.6 is 0 Å². The first-order chi connectivity index (χ1) is 23.1. The van der Waals surface area contributed by atoms with Gasteiger partial charge in [-0.2, -0.15) is 0 Å². The molecule has 0 amide bonds. The third-order valence-corrected chi connectivity index (χ3v) is 10.6. The van der Waals surface area contributed by atoms with E-state index in [2.05, 4.69) is 0 Å². The van der Waals surface area contributed by atoms with Crippen molar-refractivity contribution in [2.24, 2.45) is 11.3 Å². The average Bonchev–Trinajstić information content (AvgIpc) is 3.27. The van der Waals surface area contributed by atoms with Gasteiger partial charge in [0.05, 0.1) is 27.7 Å². The van der Waals surface area contributed by atoms with Gasteiger partial charge < -0.3 is 33.9 Å². The van der Waals surface area contributed by atoms with Crippen LogP contribution in [0.3, 0.4) is 0 Å². The molecule has 49 heavy (non-hydrogen) atoms. The number of carbonyl (C=O) groups excluding carboxylic acids is 4. The summed E-state index contributed by atoms with van der Waals surface area (Å²) in [7, 11) is 0. The van der Waals surface area contributed by atoms with Gasteiger partial charge in [0.25, 0.3) is 0 Å². The molecule has 3 aromatic carbocycles. The average molecular weight is 673 g/mol. The molecule has 1 saturated heterocycles. The largest absolute Gasteiger partial charge is 0.458 e. The van der Waals surface area contributed by atoms with Crippen molar-refractivity contribution in [3.05, 3.63) is 108 Å². The lowest BCUT2D eigenvalue weighted by Crippen LogP contribution is -2.85. The summed E-state index contributed by atoms with van der Waals surface area (Å²) in [4.78, 5) is 53.9. The molecule has 6 rings (SSSR count). The lowest BCUT2D eigenvalue weighted by Gasteiger charge is -2.66. The Morgan fingerprint density at radius 2 is 1.10 bits per heavy atom. The Balaban J connectivity index is 1.57. The highest BCUT2D eigenvalue weighted by Crippen LogP contribution is 2.69. The van der Waals surface area contributed by atoms with E-state index in [0.717, 1.165) is 6.92 Å². The van der Waals surface area contributed by atoms with Crippen LogP contribution in [0.25, 0.3) is 0 Å². The molecule has 9 atom stereocenters. The lowest BCUT2D eigenvalue weighted by atomic mass is 9.46. The molecule has 0 radical (unpaired) electrons. The molecule has 2 bridgehead atoms. The van der Waals surface area contributed by atoms with E-state index >= 15 is 0 Å². The van der Waals surface area contributed by atoms with Crippen molar-refractivity contribution < 1.29 is 53.1 Å². The molecule has 2 aliphatic carbocycles. The summed E-state index contributed by atoms with van der Waals surface area (Å²) in [5.41, 5.74) is -6.81. The number of hydrogen-bond donors (Lipinski definition) is 2. The Labute approximate surface area is 284 Å². The Morgan fingerprint density at radius 1 is 0.673 bits per heavy atom. The smallest absolute Gasteiger partial charge is 0.338 e. The molecule has 0 aromatic heterocycles. The van der Waals surface area contributed by atoms with Gasteiger partial charge in [-0.1, -0.05) is 54.6 Å². The molecular formula is C38H40O11. The first-order valence-corrected chi connectivity index (χ1v) is 16.2. The van der Waals surface area contributed by atoms with Crippen LogP contribution in [0, 0.1) is 11.3 Å². The van der Waals surface area contributed by atoms with Crippen LogP contribution in [0.15, 0.2) is 91.0 Å². The number of fused-ring (bicyclic) bond motifs is 1. The van der Waals surface area contributed by atoms with Crippen LogP contribution < -0.4 is 0 Å². The van der Waals surface area contributed by atoms with Crippen LogP contribution in [-0.2, 0) is 28.5 Å². The summed E-state index contributed by atoms with van der Waals surface area (Å²) in [6.07, 6.45) is -7.63. The van der Waals surface area contributed by atoms with Gasteiger partial charge in [0.1, 0.15) is 29.5 Å². The zero-order chi connectivity index (χ0) is 35.4. The monoisotopic (exact) mass is 672 g/mol. The maximum Gasteiger partial charge on any atom is 0.338 e. The van der Waals surface area contributed by atoms with Gasteiger partial charge in [-0.05, 0) is 70.5 Å². The molecule has 0 unspecified atom stereocenters. The molecule has 11 heteroatoms. The molecule has 1 aliphatic heterocycles. The second kappa shape index (κ2) is 12.4. The summed E-state index contributed by atoms with van der Waals surface area (Å²) in [5.74, 6) is -3.79. The number of aliphatic hydroxyl groups excluding tert-OH is 1. The van der Waals surface area contributed by atoms with Crippen molar-refractivity contribution in [2.75, 3.05) is 0 Å². The molecule has 1 spiro atoms. The lowest BCUT2D eigenvalue weighted by molar-refractivity contribution is -0.366. The summed E-state index contributed by atoms with van der Waals surface area (Å²) in [5, 5.41) is 24.7. The van der Waals surface area contributed by atoms with E-state index in [1.165, 1.54) is 19.1 Å². The number of hydrogen-bond acceptors (Lipinski definition) is 11. The minimum atomic E-state index is -2.36. The molecule has 3 fully saturated rings. The van der Waals surface area contributed by atoms with Crippen molar-refractivity contribution in [2.45, 2.75) is 88.4 Å². The van der Waals surface area contributed by atoms with E-state index < -0.39 is 82.5 Å². The Morgan fingerprint density at radius 3 is 1.55 bits per heavy atom. The van der Waals surface area contributed by atoms with Crippen LogP contribution in [0.1, 0.15) is 72.1 Å². The number of esters is 4. The zero-order valence-electron chi connectivity index (χ0n) is 27.9. The van der Waals surface area contributed by atoms with Crippen LogP contribution in [-0.4, -0.2) is 81.4 Å². The van der Waals surface area contributed by atoms with Gasteiger partial charge in [-0.15, -0.1) is 0 Å². The van der Waals surface area contributed by atoms with Gasteiger partial charge >= 0.3 is 23.9 Å². The molecule has 3 aliphatic rings. The molecule has 2 saturated carbocycles. The first kappa shape index (κ1) is 34.3. The number of benzene rings is 3. The maximum absolute atomic E-state index is 13.8. The normalized spacial score (nSPS) is 34.2. The molecular weight excluding hydrogens is 632 g/mol. The van der Waals surface area contributed by atoms with Gasteiger partial charge in [-0.25, -0.2) is 14.4 Å². The summed E-state index contributed by atoms with van der Waals surface area (Å²) < 4.78 is 31.3. The Bertz CT molecular complexity index is 1720. The molecule has 2 N–H and O–H groups in total. The SMILES string of the molecule is CC(=O)O[C@H]1[C@H](OC(=O)c2ccccc2)[C@@]2(C)[C@@H](OC(=O)c3ccccc3)C[C@@H]3[C@H](OC(=O)c4ccccc4)[C@]2(OC3(C)C)[C@@](C)(O)[C@H]1O. The summed E-state index contributed by atoms with van der Waals surface area (Å²) in [6, 6.07) is 24.6. The van der Waals surface area contributed by atoms with E-state index in [0.29, 0.717) is 0 Å². The van der Waals surface area contributed by atoms with Gasteiger partial charge in [0.15, 0.2) is 12.2 Å². The third kappa shape index (κ3) is 5.40. The standard InChI is InChI=1S/C38H40O11/c1-22(39)45-28-29(40)37(5,44)38-30(47-33(42)24-17-11-7-12-18-24)26(35(2,3)49-38)21-27(46-32(41)23-15-9-6-10-16-23)36(38,4)31(28)48-34(43)25-19-13-8-14-20-25/h6-20,26-31,40,44H,21H2,1-5H3/t26-,27+,28-,29+,30+,31+,36-,37+,38-/m1/s1. The Hall–Kier alpha value is -4.58. The predicted molar refractivity (Wildman–Crippen MR) is 173 cm³/mol. The second-order valence-electron chi connectivity index (χ2n) is 13.9. The maximum atomic E-state index is 13.8. The van der Waals surface area contributed by atoms with Crippen LogP contribution in [0.5, 0.6) is 0 Å². The van der Waals surface area contributed by atoms with E-state index in [-0.39, 0.29) is 23.1 Å². The topological polar surface area (TPSA) is 155 Å². The van der Waals surface area contributed by atoms with E-state index in [1.807, 2.05) is 0 Å². The van der Waals surface area contributed by atoms with E-state index in [1.54, 1.807) is 99.6 Å². The highest BCUT2D eigenvalue weighted by Gasteiger charge is 2.86. The van der Waals surface area contributed by atoms with Crippen molar-refractivity contribution >= 4 is 23.9 Å². The van der Waals surface area contributed by atoms with E-state index in [4.69, 9.17) is 23.7 Å². The summed E-state index contributed by atoms with van der Waals surface area (Å²) in [6.45, 7) is 7.50. The predicted octanol–water partition coefficient (Wildman–Crippen LogP) is 4.29. The molecule has 258 valence electrons. The highest BCUT2D eigenvalue weighted by atomic mass is 16.6. The molecule has 3 aromatic rings. The number of ether oxygens (including phenoxy) is 5. The Kier molecular flexibility index (Phi) is 8.67. The van der Waals surface area contributed by atoms with Gasteiger partial charge in [-0.3, -0.25) is 4.79 Å². The minimum Gasteiger partial charge on any atom is -0.458 e. The van der Waals surface area contributed by atoms with Crippen LogP contribution in [0.4, 0.5) is 0 Å². The number of rotatable bonds is 7.